The maximum Gasteiger partial charge on any atom is 0.303 e. The standard InChI is InChI=1S/C23H27NO3/c25-23(26)15-12-21-11-8-20(17-24-21)19-9-13-22(14-10-19)27-16-4-7-18-5-2-1-3-6-18/h1-3,5-6,8-10,13-14,21,24H,4,7,11-12,15-17H2,(H,25,26). The third-order valence-corrected chi connectivity index (χ3v) is 4.88. The Hall–Kier alpha value is -2.59. The van der Waals surface area contributed by atoms with Gasteiger partial charge in [0.05, 0.1) is 6.61 Å². The molecular formula is C23H27NO3. The monoisotopic (exact) mass is 365 g/mol. The lowest BCUT2D eigenvalue weighted by atomic mass is 9.97. The molecule has 4 nitrogen and oxygen atoms in total. The highest BCUT2D eigenvalue weighted by atomic mass is 16.5. The number of rotatable bonds is 9. The van der Waals surface area contributed by atoms with E-state index < -0.39 is 5.97 Å². The Kier molecular flexibility index (Phi) is 7.05. The number of carboxylic acid groups (broad SMARTS) is 1. The molecule has 2 N–H and O–H groups in total. The topological polar surface area (TPSA) is 58.6 Å². The summed E-state index contributed by atoms with van der Waals surface area (Å²) in [7, 11) is 0. The van der Waals surface area contributed by atoms with Gasteiger partial charge in [0.2, 0.25) is 0 Å². The molecule has 0 aliphatic carbocycles. The number of aliphatic carboxylic acids is 1. The van der Waals surface area contributed by atoms with E-state index in [0.717, 1.165) is 31.6 Å². The minimum absolute atomic E-state index is 0.219. The predicted molar refractivity (Wildman–Crippen MR) is 108 cm³/mol. The largest absolute Gasteiger partial charge is 0.494 e. The number of carbonyl (C=O) groups is 1. The second-order valence-corrected chi connectivity index (χ2v) is 6.94. The highest BCUT2D eigenvalue weighted by Gasteiger charge is 2.15. The van der Waals surface area contributed by atoms with Crippen LogP contribution in [0.4, 0.5) is 0 Å². The quantitative estimate of drug-likeness (QED) is 0.650. The zero-order valence-electron chi connectivity index (χ0n) is 15.6. The lowest BCUT2D eigenvalue weighted by Gasteiger charge is -2.23. The zero-order valence-corrected chi connectivity index (χ0v) is 15.6. The molecule has 0 saturated heterocycles. The Balaban J connectivity index is 1.43. The summed E-state index contributed by atoms with van der Waals surface area (Å²) in [6.07, 6.45) is 6.02. The van der Waals surface area contributed by atoms with Crippen LogP contribution in [0.15, 0.2) is 60.7 Å². The molecule has 3 rings (SSSR count). The van der Waals surface area contributed by atoms with E-state index in [1.54, 1.807) is 0 Å². The number of hydrogen-bond donors (Lipinski definition) is 2. The molecule has 2 aromatic rings. The lowest BCUT2D eigenvalue weighted by molar-refractivity contribution is -0.137. The summed E-state index contributed by atoms with van der Waals surface area (Å²) in [6, 6.07) is 19.0. The van der Waals surface area contributed by atoms with Crippen LogP contribution >= 0.6 is 0 Å². The van der Waals surface area contributed by atoms with Crippen LogP contribution in [0.1, 0.15) is 36.8 Å². The summed E-state index contributed by atoms with van der Waals surface area (Å²) in [5.41, 5.74) is 3.79. The van der Waals surface area contributed by atoms with E-state index in [9.17, 15) is 4.79 Å². The maximum absolute atomic E-state index is 10.7. The first-order valence-electron chi connectivity index (χ1n) is 9.62. The van der Waals surface area contributed by atoms with Gasteiger partial charge in [0.25, 0.3) is 0 Å². The van der Waals surface area contributed by atoms with Gasteiger partial charge in [-0.15, -0.1) is 0 Å². The van der Waals surface area contributed by atoms with E-state index in [-0.39, 0.29) is 12.5 Å². The Morgan fingerprint density at radius 2 is 1.89 bits per heavy atom. The third-order valence-electron chi connectivity index (χ3n) is 4.88. The molecule has 1 heterocycles. The minimum Gasteiger partial charge on any atom is -0.494 e. The van der Waals surface area contributed by atoms with Gasteiger partial charge in [-0.25, -0.2) is 0 Å². The maximum atomic E-state index is 10.7. The van der Waals surface area contributed by atoms with Crippen LogP contribution < -0.4 is 10.1 Å². The van der Waals surface area contributed by atoms with Crippen LogP contribution in [0.2, 0.25) is 0 Å². The normalized spacial score (nSPS) is 16.6. The predicted octanol–water partition coefficient (Wildman–Crippen LogP) is 4.31. The molecule has 142 valence electrons. The van der Waals surface area contributed by atoms with Crippen LogP contribution in [0, 0.1) is 0 Å². The van der Waals surface area contributed by atoms with Crippen LogP contribution in [-0.2, 0) is 11.2 Å². The fraction of sp³-hybridized carbons (Fsp3) is 0.348. The summed E-state index contributed by atoms with van der Waals surface area (Å²) >= 11 is 0. The molecule has 1 aliphatic heterocycles. The first-order chi connectivity index (χ1) is 13.2. The highest BCUT2D eigenvalue weighted by Crippen LogP contribution is 2.23. The Labute approximate surface area is 160 Å². The number of carboxylic acids is 1. The average Bonchev–Trinajstić information content (AvgIpc) is 2.71. The lowest BCUT2D eigenvalue weighted by Crippen LogP contribution is -2.33. The second kappa shape index (κ2) is 9.93. The van der Waals surface area contributed by atoms with Gasteiger partial charge < -0.3 is 15.2 Å². The fourth-order valence-electron chi connectivity index (χ4n) is 3.31. The van der Waals surface area contributed by atoms with Gasteiger partial charge >= 0.3 is 5.97 Å². The van der Waals surface area contributed by atoms with Crippen LogP contribution in [0.5, 0.6) is 5.75 Å². The van der Waals surface area contributed by atoms with Gasteiger partial charge in [-0.1, -0.05) is 48.5 Å². The molecule has 0 amide bonds. The smallest absolute Gasteiger partial charge is 0.303 e. The summed E-state index contributed by atoms with van der Waals surface area (Å²) in [4.78, 5) is 10.7. The van der Waals surface area contributed by atoms with Crippen molar-refractivity contribution in [2.24, 2.45) is 0 Å². The Morgan fingerprint density at radius 3 is 2.56 bits per heavy atom. The molecule has 0 radical (unpaired) electrons. The number of nitrogens with one attached hydrogen (secondary N) is 1. The first kappa shape index (κ1) is 19.2. The summed E-state index contributed by atoms with van der Waals surface area (Å²) < 4.78 is 5.85. The van der Waals surface area contributed by atoms with Gasteiger partial charge in [-0.3, -0.25) is 4.79 Å². The van der Waals surface area contributed by atoms with E-state index in [1.807, 2.05) is 18.2 Å². The molecule has 1 atom stereocenters. The van der Waals surface area contributed by atoms with Gasteiger partial charge in [0.15, 0.2) is 0 Å². The SMILES string of the molecule is O=C(O)CCC1CC=C(c2ccc(OCCCc3ccccc3)cc2)CN1. The number of aryl methyl sites for hydroxylation is 1. The Bertz CT molecular complexity index is 753. The van der Waals surface area contributed by atoms with E-state index >= 15 is 0 Å². The second-order valence-electron chi connectivity index (χ2n) is 6.94. The number of ether oxygens (including phenoxy) is 1. The minimum atomic E-state index is -0.731. The Morgan fingerprint density at radius 1 is 1.11 bits per heavy atom. The molecule has 1 unspecified atom stereocenters. The van der Waals surface area contributed by atoms with Crippen molar-refractivity contribution in [3.8, 4) is 5.75 Å². The van der Waals surface area contributed by atoms with Crippen LogP contribution in [0.25, 0.3) is 5.57 Å². The summed E-state index contributed by atoms with van der Waals surface area (Å²) in [5, 5.41) is 12.2. The van der Waals surface area contributed by atoms with Crippen molar-refractivity contribution in [1.82, 2.24) is 5.32 Å². The van der Waals surface area contributed by atoms with Crippen molar-refractivity contribution in [3.63, 3.8) is 0 Å². The van der Waals surface area contributed by atoms with E-state index in [0.29, 0.717) is 13.0 Å². The van der Waals surface area contributed by atoms with Gasteiger partial charge in [-0.05, 0) is 54.5 Å². The molecule has 27 heavy (non-hydrogen) atoms. The fourth-order valence-corrected chi connectivity index (χ4v) is 3.31. The molecular weight excluding hydrogens is 338 g/mol. The molecule has 0 fully saturated rings. The van der Waals surface area contributed by atoms with Gasteiger partial charge in [-0.2, -0.15) is 0 Å². The van der Waals surface area contributed by atoms with Crippen molar-refractivity contribution in [3.05, 3.63) is 71.8 Å². The van der Waals surface area contributed by atoms with Crippen LogP contribution in [-0.4, -0.2) is 30.3 Å². The van der Waals surface area contributed by atoms with Crippen molar-refractivity contribution in [2.75, 3.05) is 13.2 Å². The van der Waals surface area contributed by atoms with Gasteiger partial charge in [0.1, 0.15) is 5.75 Å². The number of benzene rings is 2. The molecule has 2 aromatic carbocycles. The molecule has 4 heteroatoms. The van der Waals surface area contributed by atoms with E-state index in [1.165, 1.54) is 16.7 Å². The van der Waals surface area contributed by atoms with Crippen molar-refractivity contribution in [1.29, 1.82) is 0 Å². The first-order valence-corrected chi connectivity index (χ1v) is 9.62. The average molecular weight is 365 g/mol. The molecule has 0 saturated carbocycles. The molecule has 0 bridgehead atoms. The number of hydrogen-bond acceptors (Lipinski definition) is 3. The van der Waals surface area contributed by atoms with Crippen molar-refractivity contribution >= 4 is 11.5 Å². The van der Waals surface area contributed by atoms with Crippen molar-refractivity contribution in [2.45, 2.75) is 38.1 Å². The highest BCUT2D eigenvalue weighted by molar-refractivity contribution is 5.69. The third kappa shape index (κ3) is 6.26. The summed E-state index contributed by atoms with van der Waals surface area (Å²) in [5.74, 6) is 0.168. The molecule has 0 aromatic heterocycles. The van der Waals surface area contributed by atoms with Crippen molar-refractivity contribution < 1.29 is 14.6 Å². The summed E-state index contributed by atoms with van der Waals surface area (Å²) in [6.45, 7) is 1.49. The molecule has 1 aliphatic rings. The van der Waals surface area contributed by atoms with E-state index in [4.69, 9.17) is 9.84 Å². The zero-order chi connectivity index (χ0) is 18.9. The van der Waals surface area contributed by atoms with Crippen LogP contribution in [0.3, 0.4) is 0 Å². The van der Waals surface area contributed by atoms with E-state index in [2.05, 4.69) is 47.8 Å². The molecule has 0 spiro atoms. The van der Waals surface area contributed by atoms with Gasteiger partial charge in [0, 0.05) is 19.0 Å².